The summed E-state index contributed by atoms with van der Waals surface area (Å²) < 4.78 is 25.1. The Hall–Kier alpha value is -2.41. The maximum atomic E-state index is 12.0. The number of aromatic nitrogens is 1. The van der Waals surface area contributed by atoms with Gasteiger partial charge in [-0.3, -0.25) is 4.79 Å². The molecule has 1 saturated heterocycles. The van der Waals surface area contributed by atoms with Gasteiger partial charge in [-0.2, -0.15) is 5.10 Å². The molecule has 7 heteroatoms. The highest BCUT2D eigenvalue weighted by Crippen LogP contribution is 2.20. The highest BCUT2D eigenvalue weighted by molar-refractivity contribution is 7.91. The first-order valence-corrected chi connectivity index (χ1v) is 10.4. The van der Waals surface area contributed by atoms with Gasteiger partial charge in [0.25, 0.3) is 0 Å². The van der Waals surface area contributed by atoms with Crippen molar-refractivity contribution in [3.05, 3.63) is 52.8 Å². The second-order valence-corrected chi connectivity index (χ2v) is 9.06. The Morgan fingerprint density at radius 1 is 1.23 bits per heavy atom. The lowest BCUT2D eigenvalue weighted by Crippen LogP contribution is -2.27. The van der Waals surface area contributed by atoms with Crippen molar-refractivity contribution >= 4 is 22.0 Å². The van der Waals surface area contributed by atoms with Crippen molar-refractivity contribution in [3.63, 3.8) is 0 Å². The fraction of sp³-hybridized carbons (Fsp3) is 0.368. The van der Waals surface area contributed by atoms with Crippen LogP contribution in [0.3, 0.4) is 0 Å². The van der Waals surface area contributed by atoms with Gasteiger partial charge in [0.1, 0.15) is 0 Å². The van der Waals surface area contributed by atoms with E-state index in [9.17, 15) is 13.2 Å². The number of carbonyl (C=O) groups is 1. The van der Waals surface area contributed by atoms with Crippen LogP contribution in [0.4, 0.5) is 0 Å². The lowest BCUT2D eigenvalue weighted by atomic mass is 10.1. The number of amides is 1. The summed E-state index contributed by atoms with van der Waals surface area (Å²) in [7, 11) is -3.08. The van der Waals surface area contributed by atoms with Gasteiger partial charge in [0.15, 0.2) is 9.84 Å². The molecule has 0 spiro atoms. The SMILES string of the molecule is Cc1ccc(-n2c(C)cc(/C=N\NC(=O)[C@@H]3CCS(=O)(=O)C3)c2C)cc1. The van der Waals surface area contributed by atoms with Crippen LogP contribution < -0.4 is 5.43 Å². The van der Waals surface area contributed by atoms with Gasteiger partial charge in [-0.05, 0) is 45.4 Å². The number of sulfone groups is 1. The molecule has 1 N–H and O–H groups in total. The highest BCUT2D eigenvalue weighted by Gasteiger charge is 2.32. The first-order chi connectivity index (χ1) is 12.3. The van der Waals surface area contributed by atoms with Crippen LogP contribution in [0.25, 0.3) is 5.69 Å². The molecule has 3 rings (SSSR count). The largest absolute Gasteiger partial charge is 0.318 e. The van der Waals surface area contributed by atoms with E-state index in [1.165, 1.54) is 5.56 Å². The quantitative estimate of drug-likeness (QED) is 0.659. The monoisotopic (exact) mass is 373 g/mol. The number of benzene rings is 1. The number of rotatable bonds is 4. The minimum atomic E-state index is -3.08. The predicted octanol–water partition coefficient (Wildman–Crippen LogP) is 2.29. The minimum Gasteiger partial charge on any atom is -0.318 e. The van der Waals surface area contributed by atoms with E-state index < -0.39 is 15.8 Å². The van der Waals surface area contributed by atoms with Crippen LogP contribution in [0.5, 0.6) is 0 Å². The topological polar surface area (TPSA) is 80.5 Å². The molecule has 2 aromatic rings. The molecule has 1 fully saturated rings. The third-order valence-electron chi connectivity index (χ3n) is 4.74. The molecule has 0 radical (unpaired) electrons. The normalized spacial score (nSPS) is 19.1. The fourth-order valence-electron chi connectivity index (χ4n) is 3.27. The minimum absolute atomic E-state index is 0.0759. The van der Waals surface area contributed by atoms with Gasteiger partial charge >= 0.3 is 0 Å². The van der Waals surface area contributed by atoms with Crippen LogP contribution >= 0.6 is 0 Å². The molecule has 0 unspecified atom stereocenters. The van der Waals surface area contributed by atoms with Crippen molar-refractivity contribution in [2.75, 3.05) is 11.5 Å². The highest BCUT2D eigenvalue weighted by atomic mass is 32.2. The molecule has 6 nitrogen and oxygen atoms in total. The zero-order valence-corrected chi connectivity index (χ0v) is 16.0. The molecular formula is C19H23N3O3S. The smallest absolute Gasteiger partial charge is 0.244 e. The zero-order valence-electron chi connectivity index (χ0n) is 15.2. The molecule has 1 amide bonds. The van der Waals surface area contributed by atoms with Gasteiger partial charge in [0.2, 0.25) is 5.91 Å². The molecule has 2 heterocycles. The van der Waals surface area contributed by atoms with E-state index >= 15 is 0 Å². The maximum absolute atomic E-state index is 12.0. The Kier molecular flexibility index (Phi) is 5.00. The standard InChI is InChI=1S/C19H23N3O3S/c1-13-4-6-18(7-5-13)22-14(2)10-17(15(22)3)11-20-21-19(23)16-8-9-26(24,25)12-16/h4-7,10-11,16H,8-9,12H2,1-3H3,(H,21,23)/b20-11-/t16-/m1/s1. The van der Waals surface area contributed by atoms with Gasteiger partial charge in [-0.15, -0.1) is 0 Å². The van der Waals surface area contributed by atoms with Crippen LogP contribution in [-0.4, -0.2) is 36.6 Å². The number of hydrazone groups is 1. The van der Waals surface area contributed by atoms with Crippen LogP contribution in [0.15, 0.2) is 35.4 Å². The molecule has 1 aromatic heterocycles. The number of hydrogen-bond donors (Lipinski definition) is 1. The van der Waals surface area contributed by atoms with Crippen molar-refractivity contribution in [2.24, 2.45) is 11.0 Å². The molecule has 1 aliphatic heterocycles. The lowest BCUT2D eigenvalue weighted by molar-refractivity contribution is -0.124. The summed E-state index contributed by atoms with van der Waals surface area (Å²) in [5.41, 5.74) is 7.75. The van der Waals surface area contributed by atoms with Gasteiger partial charge in [-0.25, -0.2) is 13.8 Å². The average Bonchev–Trinajstić information content (AvgIpc) is 3.08. The Morgan fingerprint density at radius 2 is 1.92 bits per heavy atom. The Labute approximate surface area is 153 Å². The van der Waals surface area contributed by atoms with Crippen molar-refractivity contribution in [1.82, 2.24) is 9.99 Å². The molecule has 1 aromatic carbocycles. The second-order valence-electron chi connectivity index (χ2n) is 6.83. The molecule has 0 saturated carbocycles. The van der Waals surface area contributed by atoms with Crippen LogP contribution in [-0.2, 0) is 14.6 Å². The average molecular weight is 373 g/mol. The van der Waals surface area contributed by atoms with Crippen LogP contribution in [0.2, 0.25) is 0 Å². The summed E-state index contributed by atoms with van der Waals surface area (Å²) in [6, 6.07) is 10.3. The first kappa shape index (κ1) is 18.4. The van der Waals surface area contributed by atoms with Crippen molar-refractivity contribution in [1.29, 1.82) is 0 Å². The number of aryl methyl sites for hydroxylation is 2. The third kappa shape index (κ3) is 3.88. The number of nitrogens with one attached hydrogen (secondary N) is 1. The fourth-order valence-corrected chi connectivity index (χ4v) is 5.01. The lowest BCUT2D eigenvalue weighted by Gasteiger charge is -2.09. The summed E-state index contributed by atoms with van der Waals surface area (Å²) in [6.07, 6.45) is 1.97. The second kappa shape index (κ2) is 7.07. The summed E-state index contributed by atoms with van der Waals surface area (Å²) in [6.45, 7) is 6.07. The summed E-state index contributed by atoms with van der Waals surface area (Å²) in [5.74, 6) is -0.852. The number of nitrogens with zero attached hydrogens (tertiary/aromatic N) is 2. The molecule has 1 aliphatic rings. The molecular weight excluding hydrogens is 350 g/mol. The molecule has 1 atom stereocenters. The van der Waals surface area contributed by atoms with Gasteiger partial charge in [0.05, 0.1) is 23.6 Å². The third-order valence-corrected chi connectivity index (χ3v) is 6.51. The van der Waals surface area contributed by atoms with E-state index in [4.69, 9.17) is 0 Å². The van der Waals surface area contributed by atoms with Crippen molar-refractivity contribution < 1.29 is 13.2 Å². The van der Waals surface area contributed by atoms with E-state index in [1.54, 1.807) is 6.21 Å². The van der Waals surface area contributed by atoms with E-state index in [2.05, 4.69) is 46.3 Å². The van der Waals surface area contributed by atoms with E-state index in [0.717, 1.165) is 22.6 Å². The Bertz CT molecular complexity index is 957. The number of carbonyl (C=O) groups excluding carboxylic acids is 1. The van der Waals surface area contributed by atoms with E-state index in [-0.39, 0.29) is 17.4 Å². The van der Waals surface area contributed by atoms with Crippen molar-refractivity contribution in [2.45, 2.75) is 27.2 Å². The van der Waals surface area contributed by atoms with Crippen LogP contribution in [0, 0.1) is 26.7 Å². The van der Waals surface area contributed by atoms with Crippen LogP contribution in [0.1, 0.15) is 28.9 Å². The van der Waals surface area contributed by atoms with Gasteiger partial charge < -0.3 is 4.57 Å². The van der Waals surface area contributed by atoms with Gasteiger partial charge in [-0.1, -0.05) is 17.7 Å². The first-order valence-electron chi connectivity index (χ1n) is 8.56. The van der Waals surface area contributed by atoms with E-state index in [0.29, 0.717) is 6.42 Å². The Balaban J connectivity index is 1.72. The van der Waals surface area contributed by atoms with E-state index in [1.807, 2.05) is 19.9 Å². The summed E-state index contributed by atoms with van der Waals surface area (Å²) in [5, 5.41) is 4.02. The summed E-state index contributed by atoms with van der Waals surface area (Å²) >= 11 is 0. The van der Waals surface area contributed by atoms with Gasteiger partial charge in [0, 0.05) is 22.6 Å². The molecule has 0 aliphatic carbocycles. The zero-order chi connectivity index (χ0) is 18.9. The maximum Gasteiger partial charge on any atom is 0.244 e. The Morgan fingerprint density at radius 3 is 2.54 bits per heavy atom. The predicted molar refractivity (Wildman–Crippen MR) is 102 cm³/mol. The molecule has 0 bridgehead atoms. The summed E-state index contributed by atoms with van der Waals surface area (Å²) in [4.78, 5) is 12.0. The molecule has 26 heavy (non-hydrogen) atoms. The number of hydrogen-bond acceptors (Lipinski definition) is 4. The molecule has 138 valence electrons. The van der Waals surface area contributed by atoms with Crippen molar-refractivity contribution in [3.8, 4) is 5.69 Å².